The molecule has 2 heteroatoms. The fraction of sp³-hybridized carbons (Fsp3) is 0.647. The maximum Gasteiger partial charge on any atom is 0.200 e. The first-order chi connectivity index (χ1) is 9.21. The molecule has 1 rings (SSSR count). The van der Waals surface area contributed by atoms with Crippen LogP contribution < -0.4 is 0 Å². The number of hydrogen-bond acceptors (Lipinski definition) is 1. The minimum atomic E-state index is -1.97. The number of aryl methyl sites for hydroxylation is 1. The molecule has 1 aromatic carbocycles. The molecule has 0 saturated heterocycles. The Balaban J connectivity index is 3.03. The van der Waals surface area contributed by atoms with Gasteiger partial charge in [0.2, 0.25) is 8.32 Å². The van der Waals surface area contributed by atoms with E-state index in [1.807, 2.05) is 12.1 Å². The van der Waals surface area contributed by atoms with Crippen LogP contribution in [0, 0.1) is 6.92 Å². The molecule has 1 nitrogen and oxygen atoms in total. The Labute approximate surface area is 121 Å². The topological polar surface area (TPSA) is 9.23 Å². The lowest BCUT2D eigenvalue weighted by Gasteiger charge is -2.42. The van der Waals surface area contributed by atoms with Crippen LogP contribution in [0.25, 0.3) is 0 Å². The summed E-state index contributed by atoms with van der Waals surface area (Å²) in [6.45, 7) is 15.1. The lowest BCUT2D eigenvalue weighted by molar-refractivity contribution is 0.266. The molecule has 0 spiro atoms. The van der Waals surface area contributed by atoms with E-state index in [2.05, 4.69) is 60.6 Å². The molecular weight excluding hydrogens is 248 g/mol. The average molecular weight is 280 g/mol. The van der Waals surface area contributed by atoms with Crippen LogP contribution in [0.1, 0.15) is 54.0 Å². The lowest BCUT2D eigenvalue weighted by Crippen LogP contribution is -2.47. The molecule has 0 bridgehead atoms. The van der Waals surface area contributed by atoms with Gasteiger partial charge in [0.15, 0.2) is 0 Å². The Morgan fingerprint density at radius 2 is 1.37 bits per heavy atom. The van der Waals surface area contributed by atoms with Crippen molar-refractivity contribution in [2.75, 3.05) is 0 Å². The summed E-state index contributed by atoms with van der Waals surface area (Å²) in [5.41, 5.74) is 3.73. The highest BCUT2D eigenvalue weighted by Crippen LogP contribution is 2.42. The molecule has 1 aromatic rings. The van der Waals surface area contributed by atoms with Crippen molar-refractivity contribution in [2.45, 2.75) is 71.7 Å². The largest absolute Gasteiger partial charge is 0.412 e. The Morgan fingerprint density at radius 3 is 1.74 bits per heavy atom. The number of rotatable bonds is 6. The summed E-state index contributed by atoms with van der Waals surface area (Å²) in [5.74, 6) is 0. The van der Waals surface area contributed by atoms with E-state index in [-0.39, 0.29) is 0 Å². The monoisotopic (exact) mass is 279 g/mol. The summed E-state index contributed by atoms with van der Waals surface area (Å²) < 4.78 is 14.9. The molecule has 1 atom stereocenters. The van der Waals surface area contributed by atoms with E-state index >= 15 is 0 Å². The number of hydrogen-bond donors (Lipinski definition) is 0. The summed E-state index contributed by atoms with van der Waals surface area (Å²) in [4.78, 5) is 0. The van der Waals surface area contributed by atoms with Crippen molar-refractivity contribution in [3.63, 3.8) is 0 Å². The van der Waals surface area contributed by atoms with Crippen molar-refractivity contribution in [2.24, 2.45) is 0 Å². The Bertz CT molecular complexity index is 390. The third-order valence-corrected chi connectivity index (χ3v) is 10.1. The van der Waals surface area contributed by atoms with E-state index in [9.17, 15) is 0 Å². The fourth-order valence-electron chi connectivity index (χ4n) is 3.22. The van der Waals surface area contributed by atoms with Gasteiger partial charge in [-0.05, 0) is 29.1 Å². The molecule has 0 saturated carbocycles. The van der Waals surface area contributed by atoms with Crippen LogP contribution in [0.5, 0.6) is 0 Å². The first kappa shape index (κ1) is 14.8. The molecule has 108 valence electrons. The van der Waals surface area contributed by atoms with Gasteiger partial charge in [-0.15, -0.1) is 0 Å². The normalized spacial score (nSPS) is 15.2. The van der Waals surface area contributed by atoms with Crippen LogP contribution in [0.4, 0.5) is 0 Å². The van der Waals surface area contributed by atoms with E-state index in [4.69, 9.17) is 5.80 Å². The van der Waals surface area contributed by atoms with E-state index in [0.717, 1.165) is 5.56 Å². The highest BCUT2D eigenvalue weighted by Gasteiger charge is 2.44. The van der Waals surface area contributed by atoms with Crippen molar-refractivity contribution >= 4 is 8.32 Å². The first-order valence-electron chi connectivity index (χ1n) is 7.96. The molecule has 1 unspecified atom stereocenters. The summed E-state index contributed by atoms with van der Waals surface area (Å²) in [5, 5.41) is 0. The third kappa shape index (κ3) is 3.70. The SMILES string of the molecule is [2H]C(O[Si](C(C)C)(C(C)C)C(C)C)c1ccc(C)cc1. The standard InChI is InChI=1S/C17H30OSi/c1-13(2)19(14(3)4,15(5)6)18-12-17-10-8-16(7)9-11-17/h8-11,13-15H,12H2,1-7H3/i12D. The van der Waals surface area contributed by atoms with Gasteiger partial charge >= 0.3 is 0 Å². The van der Waals surface area contributed by atoms with Gasteiger partial charge in [-0.1, -0.05) is 71.4 Å². The van der Waals surface area contributed by atoms with Gasteiger partial charge in [-0.25, -0.2) is 0 Å². The molecule has 0 N–H and O–H groups in total. The number of benzene rings is 1. The summed E-state index contributed by atoms with van der Waals surface area (Å²) in [7, 11) is -1.97. The smallest absolute Gasteiger partial charge is 0.200 e. The summed E-state index contributed by atoms with van der Waals surface area (Å²) in [6.07, 6.45) is 0. The third-order valence-electron chi connectivity index (χ3n) is 4.18. The van der Waals surface area contributed by atoms with Gasteiger partial charge in [0.05, 0.1) is 7.95 Å². The van der Waals surface area contributed by atoms with Crippen molar-refractivity contribution in [3.8, 4) is 0 Å². The van der Waals surface area contributed by atoms with Crippen LogP contribution in [0.2, 0.25) is 16.6 Å². The second-order valence-electron chi connectivity index (χ2n) is 6.46. The maximum absolute atomic E-state index is 8.43. The molecule has 0 aromatic heterocycles. The van der Waals surface area contributed by atoms with Crippen LogP contribution in [0.15, 0.2) is 24.3 Å². The highest BCUT2D eigenvalue weighted by molar-refractivity contribution is 6.77. The lowest BCUT2D eigenvalue weighted by atomic mass is 10.2. The molecule has 0 aliphatic heterocycles. The summed E-state index contributed by atoms with van der Waals surface area (Å²) in [6, 6.07) is 8.16. The van der Waals surface area contributed by atoms with Gasteiger partial charge in [-0.2, -0.15) is 0 Å². The zero-order chi connectivity index (χ0) is 15.5. The predicted octanol–water partition coefficient (Wildman–Crippen LogP) is 5.69. The molecule has 0 fully saturated rings. The molecule has 0 amide bonds. The minimum Gasteiger partial charge on any atom is -0.412 e. The Hall–Kier alpha value is -0.603. The van der Waals surface area contributed by atoms with Crippen LogP contribution in [-0.2, 0) is 11.0 Å². The second kappa shape index (κ2) is 6.71. The van der Waals surface area contributed by atoms with Crippen LogP contribution >= 0.6 is 0 Å². The predicted molar refractivity (Wildman–Crippen MR) is 87.0 cm³/mol. The van der Waals surface area contributed by atoms with E-state index in [1.165, 1.54) is 5.56 Å². The second-order valence-corrected chi connectivity index (χ2v) is 11.9. The quantitative estimate of drug-likeness (QED) is 0.608. The van der Waals surface area contributed by atoms with E-state index in [0.29, 0.717) is 16.6 Å². The summed E-state index contributed by atoms with van der Waals surface area (Å²) >= 11 is 0. The highest BCUT2D eigenvalue weighted by atomic mass is 28.4. The van der Waals surface area contributed by atoms with Crippen molar-refractivity contribution in [1.29, 1.82) is 0 Å². The zero-order valence-electron chi connectivity index (χ0n) is 14.5. The van der Waals surface area contributed by atoms with Gasteiger partial charge < -0.3 is 4.43 Å². The maximum atomic E-state index is 8.43. The van der Waals surface area contributed by atoms with Crippen molar-refractivity contribution in [3.05, 3.63) is 35.4 Å². The zero-order valence-corrected chi connectivity index (χ0v) is 14.5. The molecule has 19 heavy (non-hydrogen) atoms. The minimum absolute atomic E-state index is 0.515. The Kier molecular flexibility index (Phi) is 5.23. The van der Waals surface area contributed by atoms with Gasteiger partial charge in [0.1, 0.15) is 0 Å². The van der Waals surface area contributed by atoms with Crippen LogP contribution in [0.3, 0.4) is 0 Å². The van der Waals surface area contributed by atoms with E-state index in [1.54, 1.807) is 0 Å². The van der Waals surface area contributed by atoms with Gasteiger partial charge in [0, 0.05) is 0 Å². The molecular formula is C17H30OSi. The molecule has 0 heterocycles. The molecule has 0 aliphatic rings. The van der Waals surface area contributed by atoms with Crippen molar-refractivity contribution < 1.29 is 5.80 Å². The Morgan fingerprint density at radius 1 is 0.947 bits per heavy atom. The first-order valence-corrected chi connectivity index (χ1v) is 9.52. The van der Waals surface area contributed by atoms with E-state index < -0.39 is 14.9 Å². The average Bonchev–Trinajstić information content (AvgIpc) is 2.35. The van der Waals surface area contributed by atoms with Gasteiger partial charge in [-0.3, -0.25) is 0 Å². The molecule has 0 aliphatic carbocycles. The van der Waals surface area contributed by atoms with Crippen molar-refractivity contribution in [1.82, 2.24) is 0 Å². The van der Waals surface area contributed by atoms with Crippen LogP contribution in [-0.4, -0.2) is 8.32 Å². The fourth-order valence-corrected chi connectivity index (χ4v) is 8.38. The molecule has 0 radical (unpaired) electrons. The van der Waals surface area contributed by atoms with Gasteiger partial charge in [0.25, 0.3) is 0 Å².